The summed E-state index contributed by atoms with van der Waals surface area (Å²) in [5.41, 5.74) is 3.84. The minimum atomic E-state index is 0.731. The first-order chi connectivity index (χ1) is 14.1. The highest BCUT2D eigenvalue weighted by atomic mass is 15.3. The summed E-state index contributed by atoms with van der Waals surface area (Å²) in [6, 6.07) is 12.8. The topological polar surface area (TPSA) is 47.0 Å². The molecular weight excluding hydrogens is 360 g/mol. The van der Waals surface area contributed by atoms with Crippen LogP contribution in [0.1, 0.15) is 23.6 Å². The Balaban J connectivity index is 1.58. The fraction of sp³-hybridized carbons (Fsp3) is 0.478. The van der Waals surface area contributed by atoms with E-state index < -0.39 is 0 Å². The van der Waals surface area contributed by atoms with Gasteiger partial charge in [0, 0.05) is 59.6 Å². The SMILES string of the molecule is CCN1CCN(c2cc(CNC(=NC)N(C)Cc3ccccc3C)ccn2)CC1. The van der Waals surface area contributed by atoms with Gasteiger partial charge in [0.25, 0.3) is 0 Å². The normalized spacial score (nSPS) is 15.4. The molecule has 0 aliphatic carbocycles. The number of nitrogens with zero attached hydrogens (tertiary/aromatic N) is 5. The van der Waals surface area contributed by atoms with Gasteiger partial charge >= 0.3 is 0 Å². The molecular formula is C23H34N6. The monoisotopic (exact) mass is 394 g/mol. The van der Waals surface area contributed by atoms with Crippen LogP contribution < -0.4 is 10.2 Å². The van der Waals surface area contributed by atoms with Crippen molar-refractivity contribution in [3.05, 3.63) is 59.3 Å². The van der Waals surface area contributed by atoms with E-state index in [1.807, 2.05) is 13.2 Å². The van der Waals surface area contributed by atoms with Crippen molar-refractivity contribution >= 4 is 11.8 Å². The second-order valence-electron chi connectivity index (χ2n) is 7.63. The van der Waals surface area contributed by atoms with Crippen LogP contribution in [-0.2, 0) is 13.1 Å². The Hall–Kier alpha value is -2.60. The summed E-state index contributed by atoms with van der Waals surface area (Å²) in [6.45, 7) is 11.4. The number of hydrogen-bond donors (Lipinski definition) is 1. The molecule has 0 amide bonds. The molecule has 0 saturated carbocycles. The van der Waals surface area contributed by atoms with Crippen molar-refractivity contribution in [3.8, 4) is 0 Å². The maximum Gasteiger partial charge on any atom is 0.193 e. The fourth-order valence-corrected chi connectivity index (χ4v) is 3.72. The van der Waals surface area contributed by atoms with Gasteiger partial charge < -0.3 is 20.0 Å². The molecule has 1 N–H and O–H groups in total. The zero-order chi connectivity index (χ0) is 20.6. The Labute approximate surface area is 175 Å². The highest BCUT2D eigenvalue weighted by Crippen LogP contribution is 2.15. The number of piperazine rings is 1. The summed E-state index contributed by atoms with van der Waals surface area (Å²) >= 11 is 0. The molecule has 1 aliphatic heterocycles. The van der Waals surface area contributed by atoms with Gasteiger partial charge in [-0.3, -0.25) is 4.99 Å². The maximum atomic E-state index is 4.60. The summed E-state index contributed by atoms with van der Waals surface area (Å²) in [4.78, 5) is 16.1. The van der Waals surface area contributed by atoms with E-state index >= 15 is 0 Å². The van der Waals surface area contributed by atoms with Crippen molar-refractivity contribution in [2.24, 2.45) is 4.99 Å². The molecule has 1 saturated heterocycles. The van der Waals surface area contributed by atoms with E-state index in [9.17, 15) is 0 Å². The van der Waals surface area contributed by atoms with E-state index in [1.165, 1.54) is 16.7 Å². The van der Waals surface area contributed by atoms with E-state index in [0.29, 0.717) is 0 Å². The Morgan fingerprint density at radius 2 is 1.93 bits per heavy atom. The fourth-order valence-electron chi connectivity index (χ4n) is 3.72. The third kappa shape index (κ3) is 5.70. The number of rotatable bonds is 6. The van der Waals surface area contributed by atoms with Gasteiger partial charge in [-0.1, -0.05) is 31.2 Å². The zero-order valence-corrected chi connectivity index (χ0v) is 18.2. The van der Waals surface area contributed by atoms with Crippen LogP contribution in [0.3, 0.4) is 0 Å². The lowest BCUT2D eigenvalue weighted by molar-refractivity contribution is 0.270. The molecule has 0 atom stereocenters. The zero-order valence-electron chi connectivity index (χ0n) is 18.2. The first-order valence-corrected chi connectivity index (χ1v) is 10.5. The lowest BCUT2D eigenvalue weighted by Crippen LogP contribution is -2.46. The number of aryl methyl sites for hydroxylation is 1. The quantitative estimate of drug-likeness (QED) is 0.603. The molecule has 6 heteroatoms. The van der Waals surface area contributed by atoms with Crippen molar-refractivity contribution in [1.82, 2.24) is 20.1 Å². The number of benzene rings is 1. The van der Waals surface area contributed by atoms with Crippen LogP contribution in [0.5, 0.6) is 0 Å². The molecule has 1 aliphatic rings. The number of nitrogens with one attached hydrogen (secondary N) is 1. The number of likely N-dealkylation sites (N-methyl/N-ethyl adjacent to an activating group) is 1. The average molecular weight is 395 g/mol. The van der Waals surface area contributed by atoms with Crippen LogP contribution in [0.2, 0.25) is 0 Å². The van der Waals surface area contributed by atoms with Crippen LogP contribution in [0, 0.1) is 6.92 Å². The van der Waals surface area contributed by atoms with Crippen LogP contribution in [0.4, 0.5) is 5.82 Å². The Kier molecular flexibility index (Phi) is 7.47. The van der Waals surface area contributed by atoms with Crippen molar-refractivity contribution in [2.45, 2.75) is 26.9 Å². The summed E-state index contributed by atoms with van der Waals surface area (Å²) in [7, 11) is 3.91. The predicted molar refractivity (Wildman–Crippen MR) is 121 cm³/mol. The van der Waals surface area contributed by atoms with Crippen molar-refractivity contribution in [2.75, 3.05) is 51.7 Å². The predicted octanol–water partition coefficient (Wildman–Crippen LogP) is 2.74. The van der Waals surface area contributed by atoms with Gasteiger partial charge in [-0.25, -0.2) is 4.98 Å². The van der Waals surface area contributed by atoms with Gasteiger partial charge in [-0.15, -0.1) is 0 Å². The molecule has 1 aromatic carbocycles. The van der Waals surface area contributed by atoms with Crippen LogP contribution >= 0.6 is 0 Å². The first kappa shape index (κ1) is 21.1. The Morgan fingerprint density at radius 1 is 1.17 bits per heavy atom. The molecule has 29 heavy (non-hydrogen) atoms. The number of pyridine rings is 1. The van der Waals surface area contributed by atoms with E-state index in [0.717, 1.165) is 57.6 Å². The summed E-state index contributed by atoms with van der Waals surface area (Å²) in [6.07, 6.45) is 1.92. The molecule has 0 bridgehead atoms. The van der Waals surface area contributed by atoms with Gasteiger partial charge in [0.1, 0.15) is 5.82 Å². The molecule has 3 rings (SSSR count). The van der Waals surface area contributed by atoms with E-state index in [2.05, 4.69) is 87.3 Å². The number of anilines is 1. The maximum absolute atomic E-state index is 4.60. The smallest absolute Gasteiger partial charge is 0.193 e. The van der Waals surface area contributed by atoms with E-state index in [-0.39, 0.29) is 0 Å². The lowest BCUT2D eigenvalue weighted by Gasteiger charge is -2.34. The third-order valence-corrected chi connectivity index (χ3v) is 5.65. The summed E-state index contributed by atoms with van der Waals surface area (Å²) < 4.78 is 0. The van der Waals surface area contributed by atoms with E-state index in [4.69, 9.17) is 0 Å². The molecule has 1 aromatic heterocycles. The summed E-state index contributed by atoms with van der Waals surface area (Å²) in [5.74, 6) is 1.96. The molecule has 1 fully saturated rings. The molecule has 0 spiro atoms. The van der Waals surface area contributed by atoms with Crippen molar-refractivity contribution in [3.63, 3.8) is 0 Å². The number of guanidine groups is 1. The highest BCUT2D eigenvalue weighted by Gasteiger charge is 2.17. The second kappa shape index (κ2) is 10.3. The average Bonchev–Trinajstić information content (AvgIpc) is 2.76. The standard InChI is InChI=1S/C23H34N6/c1-5-28-12-14-29(15-13-28)22-16-20(10-11-25-22)17-26-23(24-3)27(4)18-21-9-7-6-8-19(21)2/h6-11,16H,5,12-15,17-18H2,1-4H3,(H,24,26). The minimum absolute atomic E-state index is 0.731. The Morgan fingerprint density at radius 3 is 2.62 bits per heavy atom. The van der Waals surface area contributed by atoms with Crippen molar-refractivity contribution in [1.29, 1.82) is 0 Å². The van der Waals surface area contributed by atoms with Crippen LogP contribution in [-0.4, -0.2) is 67.6 Å². The van der Waals surface area contributed by atoms with Gasteiger partial charge in [0.05, 0.1) is 0 Å². The van der Waals surface area contributed by atoms with Gasteiger partial charge in [-0.05, 0) is 42.3 Å². The Bertz CT molecular complexity index is 811. The van der Waals surface area contributed by atoms with Crippen molar-refractivity contribution < 1.29 is 0 Å². The van der Waals surface area contributed by atoms with Gasteiger partial charge in [0.2, 0.25) is 0 Å². The number of hydrogen-bond acceptors (Lipinski definition) is 4. The molecule has 6 nitrogen and oxygen atoms in total. The molecule has 2 heterocycles. The van der Waals surface area contributed by atoms with Crippen LogP contribution in [0.15, 0.2) is 47.6 Å². The van der Waals surface area contributed by atoms with Gasteiger partial charge in [0.15, 0.2) is 5.96 Å². The number of aromatic nitrogens is 1. The molecule has 0 radical (unpaired) electrons. The molecule has 156 valence electrons. The van der Waals surface area contributed by atoms with Crippen LogP contribution in [0.25, 0.3) is 0 Å². The summed E-state index contributed by atoms with van der Waals surface area (Å²) in [5, 5.41) is 3.49. The highest BCUT2D eigenvalue weighted by molar-refractivity contribution is 5.79. The minimum Gasteiger partial charge on any atom is -0.354 e. The second-order valence-corrected chi connectivity index (χ2v) is 7.63. The number of aliphatic imine (C=N–C) groups is 1. The first-order valence-electron chi connectivity index (χ1n) is 10.5. The largest absolute Gasteiger partial charge is 0.354 e. The van der Waals surface area contributed by atoms with Gasteiger partial charge in [-0.2, -0.15) is 0 Å². The molecule has 0 unspecified atom stereocenters. The van der Waals surface area contributed by atoms with E-state index in [1.54, 1.807) is 0 Å². The molecule has 2 aromatic rings. The lowest BCUT2D eigenvalue weighted by atomic mass is 10.1. The third-order valence-electron chi connectivity index (χ3n) is 5.65.